The van der Waals surface area contributed by atoms with Crippen molar-refractivity contribution in [2.24, 2.45) is 0 Å². The first-order chi connectivity index (χ1) is 8.52. The van der Waals surface area contributed by atoms with Gasteiger partial charge in [-0.05, 0) is 26.7 Å². The van der Waals surface area contributed by atoms with Crippen LogP contribution in [0.15, 0.2) is 10.6 Å². The van der Waals surface area contributed by atoms with Gasteiger partial charge in [0.1, 0.15) is 5.76 Å². The first kappa shape index (κ1) is 13.1. The van der Waals surface area contributed by atoms with Gasteiger partial charge in [-0.2, -0.15) is 0 Å². The van der Waals surface area contributed by atoms with Crippen molar-refractivity contribution in [3.63, 3.8) is 0 Å². The highest BCUT2D eigenvalue weighted by molar-refractivity contribution is 5.83. The SMILES string of the molecule is CCC(C(=O)N1CC(O)CC1C)c1cc(C)no1. The maximum atomic E-state index is 12.5. The molecule has 1 aromatic heterocycles. The summed E-state index contributed by atoms with van der Waals surface area (Å²) in [6.45, 7) is 6.18. The number of aliphatic hydroxyl groups is 1. The standard InChI is InChI=1S/C13H20N2O3/c1-4-11(12-5-8(2)14-18-12)13(17)15-7-10(16)6-9(15)3/h5,9-11,16H,4,6-7H2,1-3H3. The predicted octanol–water partition coefficient (Wildman–Crippen LogP) is 1.46. The maximum absolute atomic E-state index is 12.5. The molecule has 1 fully saturated rings. The molecule has 5 heteroatoms. The third kappa shape index (κ3) is 2.41. The number of carbonyl (C=O) groups excluding carboxylic acids is 1. The minimum absolute atomic E-state index is 0.0256. The molecule has 0 bridgehead atoms. The second kappa shape index (κ2) is 5.10. The zero-order valence-electron chi connectivity index (χ0n) is 11.1. The summed E-state index contributed by atoms with van der Waals surface area (Å²) in [5.74, 6) is 0.352. The highest BCUT2D eigenvalue weighted by Gasteiger charge is 2.36. The van der Waals surface area contributed by atoms with Crippen LogP contribution in [0.25, 0.3) is 0 Å². The molecule has 18 heavy (non-hydrogen) atoms. The van der Waals surface area contributed by atoms with E-state index in [0.29, 0.717) is 25.1 Å². The molecule has 1 aliphatic heterocycles. The molecule has 1 aromatic rings. The summed E-state index contributed by atoms with van der Waals surface area (Å²) in [4.78, 5) is 14.2. The van der Waals surface area contributed by atoms with Crippen molar-refractivity contribution in [1.82, 2.24) is 10.1 Å². The van der Waals surface area contributed by atoms with Crippen LogP contribution in [0.3, 0.4) is 0 Å². The molecule has 2 rings (SSSR count). The average Bonchev–Trinajstić information content (AvgIpc) is 2.86. The second-order valence-electron chi connectivity index (χ2n) is 5.06. The maximum Gasteiger partial charge on any atom is 0.233 e. The fourth-order valence-corrected chi connectivity index (χ4v) is 2.55. The zero-order chi connectivity index (χ0) is 13.3. The van der Waals surface area contributed by atoms with E-state index in [1.54, 1.807) is 4.90 Å². The molecule has 2 heterocycles. The van der Waals surface area contributed by atoms with E-state index in [9.17, 15) is 9.90 Å². The van der Waals surface area contributed by atoms with Crippen LogP contribution in [0, 0.1) is 6.92 Å². The van der Waals surface area contributed by atoms with E-state index >= 15 is 0 Å². The van der Waals surface area contributed by atoms with Gasteiger partial charge < -0.3 is 14.5 Å². The van der Waals surface area contributed by atoms with Crippen LogP contribution in [-0.4, -0.2) is 39.8 Å². The highest BCUT2D eigenvalue weighted by atomic mass is 16.5. The summed E-state index contributed by atoms with van der Waals surface area (Å²) < 4.78 is 5.20. The zero-order valence-corrected chi connectivity index (χ0v) is 11.1. The smallest absolute Gasteiger partial charge is 0.233 e. The second-order valence-corrected chi connectivity index (χ2v) is 5.06. The normalized spacial score (nSPS) is 25.4. The van der Waals surface area contributed by atoms with Crippen molar-refractivity contribution >= 4 is 5.91 Å². The molecule has 0 radical (unpaired) electrons. The number of hydrogen-bond donors (Lipinski definition) is 1. The van der Waals surface area contributed by atoms with Crippen LogP contribution in [0.1, 0.15) is 44.1 Å². The van der Waals surface area contributed by atoms with E-state index in [0.717, 1.165) is 5.69 Å². The Morgan fingerprint density at radius 3 is 2.89 bits per heavy atom. The van der Waals surface area contributed by atoms with Crippen LogP contribution in [-0.2, 0) is 4.79 Å². The summed E-state index contributed by atoms with van der Waals surface area (Å²) in [5, 5.41) is 13.5. The monoisotopic (exact) mass is 252 g/mol. The molecule has 1 aliphatic rings. The predicted molar refractivity (Wildman–Crippen MR) is 66.1 cm³/mol. The van der Waals surface area contributed by atoms with Crippen molar-refractivity contribution in [1.29, 1.82) is 0 Å². The lowest BCUT2D eigenvalue weighted by atomic mass is 10.0. The molecule has 1 N–H and O–H groups in total. The van der Waals surface area contributed by atoms with Gasteiger partial charge in [0.25, 0.3) is 0 Å². The molecule has 0 aromatic carbocycles. The van der Waals surface area contributed by atoms with Gasteiger partial charge in [0.15, 0.2) is 0 Å². The van der Waals surface area contributed by atoms with Crippen LogP contribution in [0.5, 0.6) is 0 Å². The van der Waals surface area contributed by atoms with Crippen LogP contribution < -0.4 is 0 Å². The van der Waals surface area contributed by atoms with E-state index in [2.05, 4.69) is 5.16 Å². The van der Waals surface area contributed by atoms with Gasteiger partial charge in [-0.3, -0.25) is 4.79 Å². The fraction of sp³-hybridized carbons (Fsp3) is 0.692. The summed E-state index contributed by atoms with van der Waals surface area (Å²) in [6, 6.07) is 1.90. The van der Waals surface area contributed by atoms with Crippen molar-refractivity contribution < 1.29 is 14.4 Å². The molecule has 1 saturated heterocycles. The molecule has 1 amide bonds. The summed E-state index contributed by atoms with van der Waals surface area (Å²) in [6.07, 6.45) is 0.919. The molecule has 0 spiro atoms. The first-order valence-electron chi connectivity index (χ1n) is 6.44. The number of aliphatic hydroxyl groups excluding tert-OH is 1. The molecule has 3 atom stereocenters. The Kier molecular flexibility index (Phi) is 3.71. The quantitative estimate of drug-likeness (QED) is 0.884. The van der Waals surface area contributed by atoms with E-state index in [1.807, 2.05) is 26.8 Å². The Bertz CT molecular complexity index is 430. The number of rotatable bonds is 3. The minimum atomic E-state index is -0.405. The van der Waals surface area contributed by atoms with Crippen LogP contribution in [0.2, 0.25) is 0 Å². The topological polar surface area (TPSA) is 66.6 Å². The Hall–Kier alpha value is -1.36. The number of β-amino-alcohol motifs (C(OH)–C–C–N with tert-alkyl or cyclic N) is 1. The molecule has 100 valence electrons. The summed E-state index contributed by atoms with van der Waals surface area (Å²) in [5.41, 5.74) is 0.783. The Morgan fingerprint density at radius 2 is 2.44 bits per heavy atom. The Morgan fingerprint density at radius 1 is 1.72 bits per heavy atom. The average molecular weight is 252 g/mol. The lowest BCUT2D eigenvalue weighted by Gasteiger charge is -2.24. The van der Waals surface area contributed by atoms with Crippen molar-refractivity contribution in [2.45, 2.75) is 51.7 Å². The van der Waals surface area contributed by atoms with Gasteiger partial charge in [0.05, 0.1) is 17.7 Å². The number of aromatic nitrogens is 1. The lowest BCUT2D eigenvalue weighted by Crippen LogP contribution is -2.37. The Balaban J connectivity index is 2.15. The Labute approximate surface area is 107 Å². The van der Waals surface area contributed by atoms with E-state index in [-0.39, 0.29) is 17.9 Å². The van der Waals surface area contributed by atoms with Gasteiger partial charge in [-0.25, -0.2) is 0 Å². The van der Waals surface area contributed by atoms with Crippen molar-refractivity contribution in [3.8, 4) is 0 Å². The minimum Gasteiger partial charge on any atom is -0.391 e. The first-order valence-corrected chi connectivity index (χ1v) is 6.44. The lowest BCUT2D eigenvalue weighted by molar-refractivity contribution is -0.134. The van der Waals surface area contributed by atoms with E-state index < -0.39 is 6.10 Å². The number of carbonyl (C=O) groups is 1. The molecule has 0 aliphatic carbocycles. The van der Waals surface area contributed by atoms with Gasteiger partial charge in [-0.15, -0.1) is 0 Å². The number of likely N-dealkylation sites (tertiary alicyclic amines) is 1. The number of aryl methyl sites for hydroxylation is 1. The third-order valence-corrected chi connectivity index (χ3v) is 3.53. The number of amides is 1. The number of hydrogen-bond acceptors (Lipinski definition) is 4. The number of nitrogens with zero attached hydrogens (tertiary/aromatic N) is 2. The van der Waals surface area contributed by atoms with Gasteiger partial charge in [0, 0.05) is 18.7 Å². The molecular formula is C13H20N2O3. The highest BCUT2D eigenvalue weighted by Crippen LogP contribution is 2.27. The van der Waals surface area contributed by atoms with Crippen LogP contribution >= 0.6 is 0 Å². The largest absolute Gasteiger partial charge is 0.391 e. The van der Waals surface area contributed by atoms with E-state index in [4.69, 9.17) is 4.52 Å². The summed E-state index contributed by atoms with van der Waals surface area (Å²) in [7, 11) is 0. The van der Waals surface area contributed by atoms with Gasteiger partial charge in [0.2, 0.25) is 5.91 Å². The van der Waals surface area contributed by atoms with Gasteiger partial charge in [-0.1, -0.05) is 12.1 Å². The van der Waals surface area contributed by atoms with Crippen LogP contribution in [0.4, 0.5) is 0 Å². The fourth-order valence-electron chi connectivity index (χ4n) is 2.55. The van der Waals surface area contributed by atoms with Gasteiger partial charge >= 0.3 is 0 Å². The van der Waals surface area contributed by atoms with E-state index in [1.165, 1.54) is 0 Å². The third-order valence-electron chi connectivity index (χ3n) is 3.53. The van der Waals surface area contributed by atoms with Crippen molar-refractivity contribution in [2.75, 3.05) is 6.54 Å². The molecule has 5 nitrogen and oxygen atoms in total. The molecule has 0 saturated carbocycles. The molecule has 3 unspecified atom stereocenters. The summed E-state index contributed by atoms with van der Waals surface area (Å²) >= 11 is 0. The van der Waals surface area contributed by atoms with Crippen molar-refractivity contribution in [3.05, 3.63) is 17.5 Å². The molecular weight excluding hydrogens is 232 g/mol.